The number of rotatable bonds is 4. The summed E-state index contributed by atoms with van der Waals surface area (Å²) < 4.78 is 4.35. The van der Waals surface area contributed by atoms with Crippen molar-refractivity contribution < 1.29 is 14.6 Å². The van der Waals surface area contributed by atoms with Crippen molar-refractivity contribution in [2.75, 3.05) is 13.0 Å². The monoisotopic (exact) mass is 166 g/mol. The van der Waals surface area contributed by atoms with Crippen LogP contribution in [0.4, 0.5) is 0 Å². The van der Waals surface area contributed by atoms with Gasteiger partial charge in [-0.15, -0.1) is 11.6 Å². The Morgan fingerprint density at radius 3 is 2.80 bits per heavy atom. The van der Waals surface area contributed by atoms with Crippen LogP contribution in [0.1, 0.15) is 12.8 Å². The summed E-state index contributed by atoms with van der Waals surface area (Å²) in [4.78, 5) is 10.5. The van der Waals surface area contributed by atoms with Gasteiger partial charge in [-0.3, -0.25) is 4.79 Å². The van der Waals surface area contributed by atoms with Crippen LogP contribution in [0.3, 0.4) is 0 Å². The zero-order valence-electron chi connectivity index (χ0n) is 5.84. The molecule has 0 fully saturated rings. The lowest BCUT2D eigenvalue weighted by molar-refractivity contribution is -0.141. The van der Waals surface area contributed by atoms with Crippen LogP contribution in [-0.2, 0) is 9.53 Å². The van der Waals surface area contributed by atoms with Gasteiger partial charge < -0.3 is 9.84 Å². The normalized spacial score (nSPS) is 12.7. The van der Waals surface area contributed by atoms with Crippen LogP contribution >= 0.6 is 11.6 Å². The fraction of sp³-hybridized carbons (Fsp3) is 0.833. The minimum atomic E-state index is -0.597. The molecule has 0 spiro atoms. The third kappa shape index (κ3) is 4.58. The van der Waals surface area contributed by atoms with Crippen molar-refractivity contribution in [1.29, 1.82) is 0 Å². The number of aliphatic hydroxyl groups is 1. The molecule has 0 heterocycles. The molecule has 1 N–H and O–H groups in total. The van der Waals surface area contributed by atoms with Crippen LogP contribution in [-0.4, -0.2) is 30.2 Å². The first-order valence-corrected chi connectivity index (χ1v) is 3.55. The van der Waals surface area contributed by atoms with Gasteiger partial charge in [0, 0.05) is 12.3 Å². The van der Waals surface area contributed by atoms with Gasteiger partial charge in [0.05, 0.1) is 13.2 Å². The third-order valence-electron chi connectivity index (χ3n) is 1.09. The van der Waals surface area contributed by atoms with Crippen LogP contribution in [0.25, 0.3) is 0 Å². The molecule has 0 aliphatic heterocycles. The maximum atomic E-state index is 10.5. The molecule has 1 atom stereocenters. The van der Waals surface area contributed by atoms with Crippen LogP contribution in [0.5, 0.6) is 0 Å². The Labute approximate surface area is 64.9 Å². The molecule has 0 aliphatic carbocycles. The van der Waals surface area contributed by atoms with E-state index in [9.17, 15) is 4.79 Å². The molecule has 0 aromatic rings. The molecule has 4 heteroatoms. The summed E-state index contributed by atoms with van der Waals surface area (Å²) in [7, 11) is 1.31. The van der Waals surface area contributed by atoms with Crippen molar-refractivity contribution >= 4 is 17.6 Å². The SMILES string of the molecule is COC(=O)CCC(O)CCl. The number of hydrogen-bond acceptors (Lipinski definition) is 3. The smallest absolute Gasteiger partial charge is 0.305 e. The highest BCUT2D eigenvalue weighted by atomic mass is 35.5. The van der Waals surface area contributed by atoms with Crippen molar-refractivity contribution in [3.63, 3.8) is 0 Å². The average molecular weight is 167 g/mol. The fourth-order valence-electron chi connectivity index (χ4n) is 0.464. The third-order valence-corrected chi connectivity index (χ3v) is 1.44. The Morgan fingerprint density at radius 2 is 2.40 bits per heavy atom. The Morgan fingerprint density at radius 1 is 1.80 bits per heavy atom. The van der Waals surface area contributed by atoms with E-state index in [2.05, 4.69) is 4.74 Å². The van der Waals surface area contributed by atoms with E-state index >= 15 is 0 Å². The van der Waals surface area contributed by atoms with Crippen molar-refractivity contribution in [3.8, 4) is 0 Å². The van der Waals surface area contributed by atoms with Gasteiger partial charge in [-0.25, -0.2) is 0 Å². The molecule has 60 valence electrons. The van der Waals surface area contributed by atoms with Crippen molar-refractivity contribution in [3.05, 3.63) is 0 Å². The van der Waals surface area contributed by atoms with E-state index in [0.29, 0.717) is 6.42 Å². The highest BCUT2D eigenvalue weighted by molar-refractivity contribution is 6.18. The first-order chi connectivity index (χ1) is 4.70. The Bertz CT molecular complexity index is 105. The summed E-state index contributed by atoms with van der Waals surface area (Å²) in [5.74, 6) is -0.152. The number of alkyl halides is 1. The van der Waals surface area contributed by atoms with Crippen LogP contribution in [0.15, 0.2) is 0 Å². The molecule has 0 radical (unpaired) electrons. The van der Waals surface area contributed by atoms with Gasteiger partial charge in [-0.2, -0.15) is 0 Å². The van der Waals surface area contributed by atoms with Crippen LogP contribution in [0, 0.1) is 0 Å². The Balaban J connectivity index is 3.26. The predicted octanol–water partition coefficient (Wildman–Crippen LogP) is 0.539. The van der Waals surface area contributed by atoms with E-state index in [-0.39, 0.29) is 18.3 Å². The van der Waals surface area contributed by atoms with E-state index < -0.39 is 6.10 Å². The van der Waals surface area contributed by atoms with Gasteiger partial charge in [-0.1, -0.05) is 0 Å². The van der Waals surface area contributed by atoms with E-state index in [1.165, 1.54) is 7.11 Å². The number of ether oxygens (including phenoxy) is 1. The number of halogens is 1. The molecule has 0 saturated heterocycles. The van der Waals surface area contributed by atoms with E-state index in [4.69, 9.17) is 16.7 Å². The van der Waals surface area contributed by atoms with Crippen molar-refractivity contribution in [1.82, 2.24) is 0 Å². The molecular formula is C6H11ClO3. The zero-order chi connectivity index (χ0) is 7.98. The van der Waals surface area contributed by atoms with Crippen molar-refractivity contribution in [2.24, 2.45) is 0 Å². The molecule has 0 aliphatic rings. The van der Waals surface area contributed by atoms with Gasteiger partial charge in [0.1, 0.15) is 0 Å². The van der Waals surface area contributed by atoms with E-state index in [0.717, 1.165) is 0 Å². The maximum absolute atomic E-state index is 10.5. The zero-order valence-corrected chi connectivity index (χ0v) is 6.60. The lowest BCUT2D eigenvalue weighted by Gasteiger charge is -2.03. The number of esters is 1. The predicted molar refractivity (Wildman–Crippen MR) is 38.0 cm³/mol. The molecule has 0 saturated carbocycles. The number of hydrogen-bond donors (Lipinski definition) is 1. The molecule has 0 amide bonds. The Hall–Kier alpha value is -0.280. The second-order valence-corrected chi connectivity index (χ2v) is 2.23. The summed E-state index contributed by atoms with van der Waals surface area (Å²) >= 11 is 5.28. The van der Waals surface area contributed by atoms with Gasteiger partial charge in [0.15, 0.2) is 0 Å². The average Bonchev–Trinajstić information content (AvgIpc) is 1.99. The summed E-state index contributed by atoms with van der Waals surface area (Å²) in [6.07, 6.45) is 0.00127. The maximum Gasteiger partial charge on any atom is 0.305 e. The highest BCUT2D eigenvalue weighted by Crippen LogP contribution is 1.99. The molecule has 0 bridgehead atoms. The molecular weight excluding hydrogens is 156 g/mol. The Kier molecular flexibility index (Phi) is 5.35. The second-order valence-electron chi connectivity index (χ2n) is 1.92. The van der Waals surface area contributed by atoms with Crippen LogP contribution in [0.2, 0.25) is 0 Å². The lowest BCUT2D eigenvalue weighted by Crippen LogP contribution is -2.11. The number of carbonyl (C=O) groups is 1. The summed E-state index contributed by atoms with van der Waals surface area (Å²) in [5.41, 5.74) is 0. The largest absolute Gasteiger partial charge is 0.469 e. The molecule has 1 unspecified atom stereocenters. The fourth-order valence-corrected chi connectivity index (χ4v) is 0.618. The summed E-state index contributed by atoms with van der Waals surface area (Å²) in [6, 6.07) is 0. The first-order valence-electron chi connectivity index (χ1n) is 3.01. The number of methoxy groups -OCH3 is 1. The minimum absolute atomic E-state index is 0.164. The molecule has 0 aromatic carbocycles. The van der Waals surface area contributed by atoms with Gasteiger partial charge in [-0.05, 0) is 6.42 Å². The number of carbonyl (C=O) groups excluding carboxylic acids is 1. The highest BCUT2D eigenvalue weighted by Gasteiger charge is 2.05. The second kappa shape index (κ2) is 5.50. The minimum Gasteiger partial charge on any atom is -0.469 e. The molecule has 0 rings (SSSR count). The number of aliphatic hydroxyl groups excluding tert-OH is 1. The van der Waals surface area contributed by atoms with Gasteiger partial charge in [0.25, 0.3) is 0 Å². The van der Waals surface area contributed by atoms with Gasteiger partial charge in [0.2, 0.25) is 0 Å². The lowest BCUT2D eigenvalue weighted by atomic mass is 10.2. The van der Waals surface area contributed by atoms with Crippen molar-refractivity contribution in [2.45, 2.75) is 18.9 Å². The standard InChI is InChI=1S/C6H11ClO3/c1-10-6(9)3-2-5(8)4-7/h5,8H,2-4H2,1H3. The summed E-state index contributed by atoms with van der Waals surface area (Å²) in [5, 5.41) is 8.86. The molecule has 3 nitrogen and oxygen atoms in total. The molecule has 10 heavy (non-hydrogen) atoms. The summed E-state index contributed by atoms with van der Waals surface area (Å²) in [6.45, 7) is 0. The topological polar surface area (TPSA) is 46.5 Å². The van der Waals surface area contributed by atoms with Crippen LogP contribution < -0.4 is 0 Å². The van der Waals surface area contributed by atoms with E-state index in [1.807, 2.05) is 0 Å². The first kappa shape index (κ1) is 9.72. The van der Waals surface area contributed by atoms with E-state index in [1.54, 1.807) is 0 Å². The van der Waals surface area contributed by atoms with Gasteiger partial charge >= 0.3 is 5.97 Å². The quantitative estimate of drug-likeness (QED) is 0.490. The molecule has 0 aromatic heterocycles.